The molecule has 0 aromatic rings. The third-order valence-corrected chi connectivity index (χ3v) is 3.23. The second kappa shape index (κ2) is 7.25. The zero-order chi connectivity index (χ0) is 12.0. The first-order valence-electron chi connectivity index (χ1n) is 6.66. The lowest BCUT2D eigenvalue weighted by molar-refractivity contribution is 0.118. The van der Waals surface area contributed by atoms with Crippen molar-refractivity contribution in [1.82, 2.24) is 10.2 Å². The third kappa shape index (κ3) is 4.81. The SMILES string of the molecule is CC(C)NCC(C(C)C)N1CCCOCC1. The fourth-order valence-electron chi connectivity index (χ4n) is 2.24. The lowest BCUT2D eigenvalue weighted by Crippen LogP contribution is -2.47. The highest BCUT2D eigenvalue weighted by Gasteiger charge is 2.22. The van der Waals surface area contributed by atoms with Crippen molar-refractivity contribution in [1.29, 1.82) is 0 Å². The van der Waals surface area contributed by atoms with Crippen molar-refractivity contribution in [2.45, 2.75) is 46.2 Å². The number of hydrogen-bond acceptors (Lipinski definition) is 3. The summed E-state index contributed by atoms with van der Waals surface area (Å²) in [5, 5.41) is 3.56. The summed E-state index contributed by atoms with van der Waals surface area (Å²) in [6.45, 7) is 14.2. The maximum Gasteiger partial charge on any atom is 0.0593 e. The summed E-state index contributed by atoms with van der Waals surface area (Å²) in [6, 6.07) is 1.22. The molecule has 0 aromatic carbocycles. The minimum atomic E-state index is 0.574. The van der Waals surface area contributed by atoms with Gasteiger partial charge in [0.15, 0.2) is 0 Å². The fraction of sp³-hybridized carbons (Fsp3) is 1.00. The van der Waals surface area contributed by atoms with E-state index in [2.05, 4.69) is 37.9 Å². The Morgan fingerprint density at radius 3 is 2.50 bits per heavy atom. The first-order valence-corrected chi connectivity index (χ1v) is 6.66. The van der Waals surface area contributed by atoms with E-state index in [1.165, 1.54) is 13.0 Å². The molecule has 1 unspecified atom stereocenters. The van der Waals surface area contributed by atoms with E-state index in [0.29, 0.717) is 18.0 Å². The zero-order valence-electron chi connectivity index (χ0n) is 11.3. The first kappa shape index (κ1) is 13.9. The molecule has 1 atom stereocenters. The Hall–Kier alpha value is -0.120. The van der Waals surface area contributed by atoms with E-state index < -0.39 is 0 Å². The summed E-state index contributed by atoms with van der Waals surface area (Å²) in [5.74, 6) is 0.698. The van der Waals surface area contributed by atoms with Gasteiger partial charge in [-0.15, -0.1) is 0 Å². The van der Waals surface area contributed by atoms with Gasteiger partial charge in [0.1, 0.15) is 0 Å². The first-order chi connectivity index (χ1) is 7.61. The van der Waals surface area contributed by atoms with Crippen molar-refractivity contribution >= 4 is 0 Å². The lowest BCUT2D eigenvalue weighted by atomic mass is 10.0. The zero-order valence-corrected chi connectivity index (χ0v) is 11.3. The molecule has 1 fully saturated rings. The van der Waals surface area contributed by atoms with Gasteiger partial charge in [0.2, 0.25) is 0 Å². The molecule has 0 radical (unpaired) electrons. The molecule has 0 aromatic heterocycles. The van der Waals surface area contributed by atoms with E-state index in [9.17, 15) is 0 Å². The Labute approximate surface area is 101 Å². The van der Waals surface area contributed by atoms with Crippen LogP contribution in [0.5, 0.6) is 0 Å². The summed E-state index contributed by atoms with van der Waals surface area (Å²) < 4.78 is 5.52. The Morgan fingerprint density at radius 1 is 1.12 bits per heavy atom. The monoisotopic (exact) mass is 228 g/mol. The van der Waals surface area contributed by atoms with Crippen molar-refractivity contribution in [3.8, 4) is 0 Å². The highest BCUT2D eigenvalue weighted by molar-refractivity contribution is 4.79. The molecule has 1 rings (SSSR count). The Bertz CT molecular complexity index is 175. The molecule has 1 heterocycles. The fourth-order valence-corrected chi connectivity index (χ4v) is 2.24. The largest absolute Gasteiger partial charge is 0.380 e. The minimum Gasteiger partial charge on any atom is -0.380 e. The maximum atomic E-state index is 5.52. The second-order valence-electron chi connectivity index (χ2n) is 5.38. The van der Waals surface area contributed by atoms with Crippen LogP contribution in [-0.2, 0) is 4.74 Å². The summed E-state index contributed by atoms with van der Waals surface area (Å²) >= 11 is 0. The third-order valence-electron chi connectivity index (χ3n) is 3.23. The molecule has 1 saturated heterocycles. The molecule has 96 valence electrons. The molecule has 0 amide bonds. The normalized spacial score (nSPS) is 21.4. The van der Waals surface area contributed by atoms with Crippen LogP contribution in [0.1, 0.15) is 34.1 Å². The Balaban J connectivity index is 2.46. The average molecular weight is 228 g/mol. The van der Waals surface area contributed by atoms with Gasteiger partial charge in [-0.3, -0.25) is 4.90 Å². The van der Waals surface area contributed by atoms with Crippen LogP contribution in [-0.4, -0.2) is 49.8 Å². The highest BCUT2D eigenvalue weighted by Crippen LogP contribution is 2.12. The van der Waals surface area contributed by atoms with E-state index in [4.69, 9.17) is 4.74 Å². The van der Waals surface area contributed by atoms with Crippen LogP contribution < -0.4 is 5.32 Å². The van der Waals surface area contributed by atoms with E-state index >= 15 is 0 Å². The molecule has 3 heteroatoms. The van der Waals surface area contributed by atoms with Crippen LogP contribution in [0, 0.1) is 5.92 Å². The molecule has 0 bridgehead atoms. The standard InChI is InChI=1S/C13H28N2O/c1-11(2)13(10-14-12(3)4)15-6-5-8-16-9-7-15/h11-14H,5-10H2,1-4H3. The molecule has 1 N–H and O–H groups in total. The van der Waals surface area contributed by atoms with E-state index in [1.54, 1.807) is 0 Å². The van der Waals surface area contributed by atoms with Crippen molar-refractivity contribution in [2.75, 3.05) is 32.8 Å². The second-order valence-corrected chi connectivity index (χ2v) is 5.38. The van der Waals surface area contributed by atoms with Crippen LogP contribution in [0.25, 0.3) is 0 Å². The number of nitrogens with one attached hydrogen (secondary N) is 1. The molecule has 0 saturated carbocycles. The van der Waals surface area contributed by atoms with Crippen molar-refractivity contribution in [3.05, 3.63) is 0 Å². The van der Waals surface area contributed by atoms with Gasteiger partial charge >= 0.3 is 0 Å². The predicted molar refractivity (Wildman–Crippen MR) is 68.8 cm³/mol. The van der Waals surface area contributed by atoms with Gasteiger partial charge in [-0.25, -0.2) is 0 Å². The number of ether oxygens (including phenoxy) is 1. The van der Waals surface area contributed by atoms with Crippen LogP contribution in [0.15, 0.2) is 0 Å². The molecular formula is C13H28N2O. The quantitative estimate of drug-likeness (QED) is 0.775. The Kier molecular flexibility index (Phi) is 6.32. The van der Waals surface area contributed by atoms with E-state index in [-0.39, 0.29) is 0 Å². The predicted octanol–water partition coefficient (Wildman–Crippen LogP) is 1.73. The molecule has 0 spiro atoms. The van der Waals surface area contributed by atoms with Gasteiger partial charge in [0.05, 0.1) is 6.61 Å². The van der Waals surface area contributed by atoms with Crippen molar-refractivity contribution < 1.29 is 4.74 Å². The van der Waals surface area contributed by atoms with E-state index in [0.717, 1.165) is 26.3 Å². The van der Waals surface area contributed by atoms with Crippen molar-refractivity contribution in [2.24, 2.45) is 5.92 Å². The van der Waals surface area contributed by atoms with Gasteiger partial charge in [-0.1, -0.05) is 27.7 Å². The van der Waals surface area contributed by atoms with Gasteiger partial charge in [0.25, 0.3) is 0 Å². The molecule has 16 heavy (non-hydrogen) atoms. The summed E-state index contributed by atoms with van der Waals surface area (Å²) in [5.41, 5.74) is 0. The number of nitrogens with zero attached hydrogens (tertiary/aromatic N) is 1. The van der Waals surface area contributed by atoms with Crippen LogP contribution in [0.2, 0.25) is 0 Å². The maximum absolute atomic E-state index is 5.52. The summed E-state index contributed by atoms with van der Waals surface area (Å²) in [7, 11) is 0. The topological polar surface area (TPSA) is 24.5 Å². The number of hydrogen-bond donors (Lipinski definition) is 1. The lowest BCUT2D eigenvalue weighted by Gasteiger charge is -2.34. The molecule has 1 aliphatic rings. The Morgan fingerprint density at radius 2 is 1.88 bits per heavy atom. The highest BCUT2D eigenvalue weighted by atomic mass is 16.5. The van der Waals surface area contributed by atoms with E-state index in [1.807, 2.05) is 0 Å². The van der Waals surface area contributed by atoms with Crippen LogP contribution in [0.3, 0.4) is 0 Å². The molecule has 1 aliphatic heterocycles. The minimum absolute atomic E-state index is 0.574. The molecular weight excluding hydrogens is 200 g/mol. The molecule has 0 aliphatic carbocycles. The van der Waals surface area contributed by atoms with Crippen LogP contribution in [0.4, 0.5) is 0 Å². The van der Waals surface area contributed by atoms with Crippen molar-refractivity contribution in [3.63, 3.8) is 0 Å². The molecule has 3 nitrogen and oxygen atoms in total. The summed E-state index contributed by atoms with van der Waals surface area (Å²) in [4.78, 5) is 2.59. The summed E-state index contributed by atoms with van der Waals surface area (Å²) in [6.07, 6.45) is 1.17. The van der Waals surface area contributed by atoms with Crippen LogP contribution >= 0.6 is 0 Å². The smallest absolute Gasteiger partial charge is 0.0593 e. The number of rotatable bonds is 5. The van der Waals surface area contributed by atoms with Gasteiger partial charge < -0.3 is 10.1 Å². The van der Waals surface area contributed by atoms with Gasteiger partial charge in [0, 0.05) is 38.3 Å². The van der Waals surface area contributed by atoms with Gasteiger partial charge in [-0.05, 0) is 12.3 Å². The van der Waals surface area contributed by atoms with Gasteiger partial charge in [-0.2, -0.15) is 0 Å². The average Bonchev–Trinajstić information content (AvgIpc) is 2.45.